The molecule has 2 atom stereocenters. The van der Waals surface area contributed by atoms with Gasteiger partial charge in [0.1, 0.15) is 0 Å². The van der Waals surface area contributed by atoms with Gasteiger partial charge < -0.3 is 14.7 Å². The van der Waals surface area contributed by atoms with Gasteiger partial charge in [-0.05, 0) is 32.2 Å². The van der Waals surface area contributed by atoms with Crippen molar-refractivity contribution in [3.05, 3.63) is 11.7 Å². The zero-order valence-corrected chi connectivity index (χ0v) is 12.7. The van der Waals surface area contributed by atoms with Gasteiger partial charge in [0.15, 0.2) is 5.82 Å². The van der Waals surface area contributed by atoms with Gasteiger partial charge in [-0.2, -0.15) is 4.98 Å². The number of aromatic nitrogens is 2. The molecule has 6 heteroatoms. The zero-order valence-electron chi connectivity index (χ0n) is 12.7. The molecule has 2 N–H and O–H groups in total. The normalized spacial score (nSPS) is 30.7. The van der Waals surface area contributed by atoms with Crippen LogP contribution in [0.15, 0.2) is 4.52 Å². The molecule has 1 saturated carbocycles. The minimum atomic E-state index is -0.498. The SMILES string of the molecule is CCC[C@]1(CO)CCN(Cc2nc(C3CC3)no2)C[C@H]1O. The minimum absolute atomic E-state index is 0.0578. The van der Waals surface area contributed by atoms with Crippen LogP contribution in [0.4, 0.5) is 0 Å². The van der Waals surface area contributed by atoms with E-state index in [0.29, 0.717) is 24.9 Å². The molecule has 1 aliphatic carbocycles. The molecule has 118 valence electrons. The van der Waals surface area contributed by atoms with Gasteiger partial charge in [0.25, 0.3) is 0 Å². The third-order valence-electron chi connectivity index (χ3n) is 4.91. The lowest BCUT2D eigenvalue weighted by Gasteiger charge is -2.44. The van der Waals surface area contributed by atoms with Gasteiger partial charge in [0, 0.05) is 17.9 Å². The first kappa shape index (κ1) is 14.9. The standard InChI is InChI=1S/C15H25N3O3/c1-2-5-15(10-19)6-7-18(8-12(15)20)9-13-16-14(17-21-13)11-3-4-11/h11-12,19-20H,2-10H2,1H3/t12-,15-/m1/s1. The topological polar surface area (TPSA) is 82.6 Å². The van der Waals surface area contributed by atoms with Gasteiger partial charge in [-0.15, -0.1) is 0 Å². The Morgan fingerprint density at radius 3 is 2.86 bits per heavy atom. The molecule has 2 heterocycles. The van der Waals surface area contributed by atoms with Crippen LogP contribution in [0.2, 0.25) is 0 Å². The highest BCUT2D eigenvalue weighted by Crippen LogP contribution is 2.39. The number of piperidine rings is 1. The quantitative estimate of drug-likeness (QED) is 0.823. The largest absolute Gasteiger partial charge is 0.396 e. The van der Waals surface area contributed by atoms with Crippen LogP contribution >= 0.6 is 0 Å². The molecule has 0 amide bonds. The number of aliphatic hydroxyl groups is 2. The summed E-state index contributed by atoms with van der Waals surface area (Å²) in [4.78, 5) is 6.57. The monoisotopic (exact) mass is 295 g/mol. The molecule has 0 radical (unpaired) electrons. The van der Waals surface area contributed by atoms with Crippen molar-refractivity contribution >= 4 is 0 Å². The Labute approximate surface area is 125 Å². The number of hydrogen-bond donors (Lipinski definition) is 2. The molecule has 0 spiro atoms. The van der Waals surface area contributed by atoms with E-state index in [1.165, 1.54) is 0 Å². The summed E-state index contributed by atoms with van der Waals surface area (Å²) in [6, 6.07) is 0. The van der Waals surface area contributed by atoms with Gasteiger partial charge >= 0.3 is 0 Å². The zero-order chi connectivity index (χ0) is 14.9. The molecule has 0 bridgehead atoms. The predicted octanol–water partition coefficient (Wildman–Crippen LogP) is 1.29. The van der Waals surface area contributed by atoms with Crippen LogP contribution in [0.5, 0.6) is 0 Å². The predicted molar refractivity (Wildman–Crippen MR) is 76.6 cm³/mol. The Bertz CT molecular complexity index is 474. The third-order valence-corrected chi connectivity index (χ3v) is 4.91. The summed E-state index contributed by atoms with van der Waals surface area (Å²) in [5, 5.41) is 24.1. The second-order valence-electron chi connectivity index (χ2n) is 6.59. The number of likely N-dealkylation sites (tertiary alicyclic amines) is 1. The van der Waals surface area contributed by atoms with Gasteiger partial charge in [0.05, 0.1) is 19.3 Å². The maximum atomic E-state index is 10.4. The van der Waals surface area contributed by atoms with Crippen molar-refractivity contribution in [2.45, 2.75) is 57.6 Å². The molecule has 2 aliphatic rings. The van der Waals surface area contributed by atoms with Crippen molar-refractivity contribution < 1.29 is 14.7 Å². The molecule has 0 aromatic carbocycles. The van der Waals surface area contributed by atoms with E-state index in [2.05, 4.69) is 22.0 Å². The number of aliphatic hydroxyl groups excluding tert-OH is 2. The van der Waals surface area contributed by atoms with E-state index >= 15 is 0 Å². The Morgan fingerprint density at radius 2 is 2.24 bits per heavy atom. The summed E-state index contributed by atoms with van der Waals surface area (Å²) in [6.45, 7) is 4.14. The first-order valence-electron chi connectivity index (χ1n) is 8.00. The third kappa shape index (κ3) is 3.12. The second kappa shape index (κ2) is 6.02. The number of nitrogens with zero attached hydrogens (tertiary/aromatic N) is 3. The van der Waals surface area contributed by atoms with Crippen LogP contribution in [0.25, 0.3) is 0 Å². The van der Waals surface area contributed by atoms with Crippen LogP contribution in [0.1, 0.15) is 56.7 Å². The molecule has 1 aromatic rings. The second-order valence-corrected chi connectivity index (χ2v) is 6.59. The molecule has 1 aromatic heterocycles. The average Bonchev–Trinajstić information content (AvgIpc) is 3.23. The molecule has 6 nitrogen and oxygen atoms in total. The van der Waals surface area contributed by atoms with E-state index in [1.807, 2.05) is 0 Å². The van der Waals surface area contributed by atoms with Crippen molar-refractivity contribution in [1.82, 2.24) is 15.0 Å². The van der Waals surface area contributed by atoms with Gasteiger partial charge in [0.2, 0.25) is 5.89 Å². The smallest absolute Gasteiger partial charge is 0.240 e. The van der Waals surface area contributed by atoms with Crippen LogP contribution < -0.4 is 0 Å². The molecular formula is C15H25N3O3. The lowest BCUT2D eigenvalue weighted by atomic mass is 9.73. The van der Waals surface area contributed by atoms with Crippen LogP contribution in [0, 0.1) is 5.41 Å². The minimum Gasteiger partial charge on any atom is -0.396 e. The number of hydrogen-bond acceptors (Lipinski definition) is 6. The Hall–Kier alpha value is -0.980. The lowest BCUT2D eigenvalue weighted by Crippen LogP contribution is -2.52. The Balaban J connectivity index is 1.58. The highest BCUT2D eigenvalue weighted by molar-refractivity contribution is 5.03. The summed E-state index contributed by atoms with van der Waals surface area (Å²) in [5.41, 5.74) is -0.334. The molecule has 3 rings (SSSR count). The van der Waals surface area contributed by atoms with Crippen molar-refractivity contribution in [3.8, 4) is 0 Å². The van der Waals surface area contributed by atoms with Gasteiger partial charge in [-0.1, -0.05) is 18.5 Å². The molecule has 2 fully saturated rings. The highest BCUT2D eigenvalue weighted by Gasteiger charge is 2.41. The summed E-state index contributed by atoms with van der Waals surface area (Å²) >= 11 is 0. The van der Waals surface area contributed by atoms with Crippen molar-refractivity contribution in [3.63, 3.8) is 0 Å². The Kier molecular flexibility index (Phi) is 4.28. The molecule has 1 saturated heterocycles. The fourth-order valence-electron chi connectivity index (χ4n) is 3.30. The van der Waals surface area contributed by atoms with Crippen LogP contribution in [0.3, 0.4) is 0 Å². The van der Waals surface area contributed by atoms with E-state index in [1.54, 1.807) is 0 Å². The first-order valence-corrected chi connectivity index (χ1v) is 8.00. The Morgan fingerprint density at radius 1 is 1.43 bits per heavy atom. The fourth-order valence-corrected chi connectivity index (χ4v) is 3.30. The summed E-state index contributed by atoms with van der Waals surface area (Å²) in [6.07, 6.45) is 4.48. The van der Waals surface area contributed by atoms with Crippen molar-refractivity contribution in [2.24, 2.45) is 5.41 Å². The summed E-state index contributed by atoms with van der Waals surface area (Å²) < 4.78 is 5.30. The molecule has 1 aliphatic heterocycles. The molecule has 0 unspecified atom stereocenters. The number of β-amino-alcohol motifs (C(OH)–C–C–N with tert-alkyl or cyclic N) is 1. The van der Waals surface area contributed by atoms with Crippen LogP contribution in [-0.2, 0) is 6.54 Å². The van der Waals surface area contributed by atoms with E-state index in [-0.39, 0.29) is 12.0 Å². The van der Waals surface area contributed by atoms with Gasteiger partial charge in [-0.25, -0.2) is 0 Å². The maximum absolute atomic E-state index is 10.4. The average molecular weight is 295 g/mol. The van der Waals surface area contributed by atoms with E-state index in [0.717, 1.165) is 44.5 Å². The number of rotatable bonds is 6. The van der Waals surface area contributed by atoms with Crippen molar-refractivity contribution in [2.75, 3.05) is 19.7 Å². The molecule has 21 heavy (non-hydrogen) atoms. The fraction of sp³-hybridized carbons (Fsp3) is 0.867. The van der Waals surface area contributed by atoms with E-state index < -0.39 is 6.10 Å². The van der Waals surface area contributed by atoms with E-state index in [9.17, 15) is 10.2 Å². The van der Waals surface area contributed by atoms with Crippen molar-refractivity contribution in [1.29, 1.82) is 0 Å². The summed E-state index contributed by atoms with van der Waals surface area (Å²) in [7, 11) is 0. The lowest BCUT2D eigenvalue weighted by molar-refractivity contribution is -0.0816. The maximum Gasteiger partial charge on any atom is 0.240 e. The highest BCUT2D eigenvalue weighted by atomic mass is 16.5. The van der Waals surface area contributed by atoms with E-state index in [4.69, 9.17) is 4.52 Å². The van der Waals surface area contributed by atoms with Gasteiger partial charge in [-0.3, -0.25) is 4.90 Å². The first-order chi connectivity index (χ1) is 10.2. The molecular weight excluding hydrogens is 270 g/mol. The summed E-state index contributed by atoms with van der Waals surface area (Å²) in [5.74, 6) is 1.97. The van der Waals surface area contributed by atoms with Crippen LogP contribution in [-0.4, -0.2) is 51.1 Å².